The van der Waals surface area contributed by atoms with Crippen molar-refractivity contribution in [2.45, 2.75) is 95.7 Å². The standard InChI is InChI=1S/C33H47N5O3.C2HF3O2/c1-23(2)29(35-31(39)24(3)34)33(41)38-21-13-20-37(27-18-11-6-12-19-27)22-28(38)32(40)36-30(25-14-7-4-8-15-25)26-16-9-5-10-17-26;3-2(4,5)1(6)7/h4-5,7-10,14-17,23-24,27-30H,6,11-13,18-22,34H2,1-3H3,(H,35,39)(H,36,40);(H,6,7)/t24-,28?,29-;/m0./s1. The summed E-state index contributed by atoms with van der Waals surface area (Å²) >= 11 is 0. The van der Waals surface area contributed by atoms with Crippen molar-refractivity contribution in [2.24, 2.45) is 11.7 Å². The van der Waals surface area contributed by atoms with E-state index in [-0.39, 0.29) is 29.7 Å². The van der Waals surface area contributed by atoms with Crippen molar-refractivity contribution >= 4 is 23.7 Å². The van der Waals surface area contributed by atoms with Crippen LogP contribution >= 0.6 is 0 Å². The first-order chi connectivity index (χ1) is 22.7. The average molecular weight is 676 g/mol. The lowest BCUT2D eigenvalue weighted by Crippen LogP contribution is -2.60. The smallest absolute Gasteiger partial charge is 0.475 e. The molecule has 0 aromatic heterocycles. The molecule has 1 unspecified atom stereocenters. The number of amides is 3. The Kier molecular flexibility index (Phi) is 14.4. The zero-order valence-electron chi connectivity index (χ0n) is 27.8. The van der Waals surface area contributed by atoms with Crippen LogP contribution < -0.4 is 16.4 Å². The molecule has 264 valence electrons. The van der Waals surface area contributed by atoms with Crippen LogP contribution in [0.1, 0.15) is 76.5 Å². The lowest BCUT2D eigenvalue weighted by molar-refractivity contribution is -0.192. The second kappa shape index (κ2) is 18.0. The van der Waals surface area contributed by atoms with Crippen LogP contribution in [0.15, 0.2) is 60.7 Å². The van der Waals surface area contributed by atoms with Crippen molar-refractivity contribution in [1.29, 1.82) is 0 Å². The molecule has 0 bridgehead atoms. The van der Waals surface area contributed by atoms with Crippen molar-refractivity contribution < 1.29 is 37.5 Å². The molecule has 1 heterocycles. The van der Waals surface area contributed by atoms with Crippen molar-refractivity contribution in [3.63, 3.8) is 0 Å². The van der Waals surface area contributed by atoms with Gasteiger partial charge in [0.15, 0.2) is 0 Å². The molecule has 0 radical (unpaired) electrons. The molecule has 1 aliphatic carbocycles. The van der Waals surface area contributed by atoms with Crippen molar-refractivity contribution in [2.75, 3.05) is 19.6 Å². The summed E-state index contributed by atoms with van der Waals surface area (Å²) in [6.45, 7) is 7.20. The third-order valence-corrected chi connectivity index (χ3v) is 8.74. The van der Waals surface area contributed by atoms with Gasteiger partial charge in [0.1, 0.15) is 12.1 Å². The fourth-order valence-electron chi connectivity index (χ4n) is 6.14. The van der Waals surface area contributed by atoms with Gasteiger partial charge >= 0.3 is 12.1 Å². The number of nitrogens with one attached hydrogen (secondary N) is 2. The number of carboxylic acids is 1. The van der Waals surface area contributed by atoms with E-state index in [1.807, 2.05) is 74.5 Å². The normalized spacial score (nSPS) is 19.0. The maximum atomic E-state index is 14.3. The summed E-state index contributed by atoms with van der Waals surface area (Å²) in [5.41, 5.74) is 7.78. The van der Waals surface area contributed by atoms with Crippen LogP contribution in [0.4, 0.5) is 13.2 Å². The first-order valence-electron chi connectivity index (χ1n) is 16.5. The Balaban J connectivity index is 0.000000804. The lowest BCUT2D eigenvalue weighted by atomic mass is 9.93. The molecule has 48 heavy (non-hydrogen) atoms. The van der Waals surface area contributed by atoms with Gasteiger partial charge in [0, 0.05) is 25.7 Å². The van der Waals surface area contributed by atoms with E-state index in [9.17, 15) is 27.6 Å². The molecule has 1 saturated carbocycles. The number of aliphatic carboxylic acids is 1. The van der Waals surface area contributed by atoms with E-state index in [1.54, 1.807) is 11.8 Å². The summed E-state index contributed by atoms with van der Waals surface area (Å²) < 4.78 is 31.7. The highest BCUT2D eigenvalue weighted by Gasteiger charge is 2.40. The fourth-order valence-corrected chi connectivity index (χ4v) is 6.14. The van der Waals surface area contributed by atoms with Gasteiger partial charge in [-0.3, -0.25) is 19.3 Å². The molecule has 1 aliphatic heterocycles. The lowest BCUT2D eigenvalue weighted by Gasteiger charge is -2.38. The number of benzene rings is 2. The Labute approximate surface area is 280 Å². The number of nitrogens with zero attached hydrogens (tertiary/aromatic N) is 2. The second-order valence-electron chi connectivity index (χ2n) is 12.8. The number of carboxylic acid groups (broad SMARTS) is 1. The van der Waals surface area contributed by atoms with Crippen LogP contribution in [-0.4, -0.2) is 88.6 Å². The van der Waals surface area contributed by atoms with E-state index in [0.29, 0.717) is 19.1 Å². The quantitative estimate of drug-likeness (QED) is 0.311. The van der Waals surface area contributed by atoms with Gasteiger partial charge in [0.2, 0.25) is 17.7 Å². The van der Waals surface area contributed by atoms with Crippen molar-refractivity contribution in [3.8, 4) is 0 Å². The zero-order chi connectivity index (χ0) is 35.4. The molecule has 2 fully saturated rings. The molecule has 2 aromatic carbocycles. The van der Waals surface area contributed by atoms with E-state index < -0.39 is 30.3 Å². The Hall–Kier alpha value is -3.97. The van der Waals surface area contributed by atoms with Gasteiger partial charge in [-0.25, -0.2) is 4.79 Å². The Morgan fingerprint density at radius 2 is 1.35 bits per heavy atom. The number of halogens is 3. The first-order valence-corrected chi connectivity index (χ1v) is 16.5. The number of nitrogens with two attached hydrogens (primary N) is 1. The van der Waals surface area contributed by atoms with Crippen molar-refractivity contribution in [3.05, 3.63) is 71.8 Å². The average Bonchev–Trinajstić information content (AvgIpc) is 3.30. The molecule has 5 N–H and O–H groups in total. The van der Waals surface area contributed by atoms with Crippen LogP contribution in [0.5, 0.6) is 0 Å². The molecule has 1 saturated heterocycles. The van der Waals surface area contributed by atoms with Gasteiger partial charge in [0.05, 0.1) is 12.1 Å². The van der Waals surface area contributed by atoms with Gasteiger partial charge in [-0.15, -0.1) is 0 Å². The van der Waals surface area contributed by atoms with Crippen LogP contribution in [0.3, 0.4) is 0 Å². The van der Waals surface area contributed by atoms with Gasteiger partial charge in [-0.05, 0) is 43.2 Å². The minimum atomic E-state index is -5.08. The minimum absolute atomic E-state index is 0.159. The minimum Gasteiger partial charge on any atom is -0.475 e. The molecule has 0 spiro atoms. The molecule has 2 aliphatic rings. The number of hydrogen-bond acceptors (Lipinski definition) is 6. The summed E-state index contributed by atoms with van der Waals surface area (Å²) in [5, 5.41) is 13.3. The predicted molar refractivity (Wildman–Crippen MR) is 176 cm³/mol. The van der Waals surface area contributed by atoms with Gasteiger partial charge in [-0.1, -0.05) is 93.8 Å². The number of hydrogen-bond donors (Lipinski definition) is 4. The zero-order valence-corrected chi connectivity index (χ0v) is 27.8. The highest BCUT2D eigenvalue weighted by molar-refractivity contribution is 5.93. The van der Waals surface area contributed by atoms with Gasteiger partial charge in [-0.2, -0.15) is 13.2 Å². The van der Waals surface area contributed by atoms with E-state index in [1.165, 1.54) is 19.3 Å². The predicted octanol–water partition coefficient (Wildman–Crippen LogP) is 4.25. The van der Waals surface area contributed by atoms with Crippen molar-refractivity contribution in [1.82, 2.24) is 20.4 Å². The number of rotatable bonds is 9. The molecule has 13 heteroatoms. The number of alkyl halides is 3. The van der Waals surface area contributed by atoms with E-state index in [0.717, 1.165) is 36.9 Å². The third-order valence-electron chi connectivity index (χ3n) is 8.74. The summed E-state index contributed by atoms with van der Waals surface area (Å²) in [6.07, 6.45) is 1.59. The van der Waals surface area contributed by atoms with E-state index in [4.69, 9.17) is 15.6 Å². The molecule has 10 nitrogen and oxygen atoms in total. The SMILES string of the molecule is CC(C)[C@H](NC(=O)[C@H](C)N)C(=O)N1CCCN(C2CCCCC2)CC1C(=O)NC(c1ccccc1)c1ccccc1.O=C(O)C(F)(F)F. The molecular formula is C35H48F3N5O5. The molecule has 2 aromatic rings. The molecular weight excluding hydrogens is 627 g/mol. The largest absolute Gasteiger partial charge is 0.490 e. The molecule has 3 amide bonds. The topological polar surface area (TPSA) is 145 Å². The Morgan fingerprint density at radius 1 is 0.833 bits per heavy atom. The highest BCUT2D eigenvalue weighted by Crippen LogP contribution is 2.27. The maximum absolute atomic E-state index is 14.3. The maximum Gasteiger partial charge on any atom is 0.490 e. The van der Waals surface area contributed by atoms with Gasteiger partial charge in [0.25, 0.3) is 0 Å². The summed E-state index contributed by atoms with van der Waals surface area (Å²) in [4.78, 5) is 54.1. The Morgan fingerprint density at radius 3 is 1.81 bits per heavy atom. The molecule has 4 rings (SSSR count). The van der Waals surface area contributed by atoms with Crippen LogP contribution in [0.25, 0.3) is 0 Å². The molecule has 3 atom stereocenters. The first kappa shape index (κ1) is 38.5. The highest BCUT2D eigenvalue weighted by atomic mass is 19.4. The van der Waals surface area contributed by atoms with Crippen LogP contribution in [0.2, 0.25) is 0 Å². The monoisotopic (exact) mass is 675 g/mol. The second-order valence-corrected chi connectivity index (χ2v) is 12.8. The van der Waals surface area contributed by atoms with Crippen LogP contribution in [-0.2, 0) is 19.2 Å². The summed E-state index contributed by atoms with van der Waals surface area (Å²) in [7, 11) is 0. The number of carbonyl (C=O) groups is 4. The van der Waals surface area contributed by atoms with Crippen LogP contribution in [0, 0.1) is 5.92 Å². The summed E-state index contributed by atoms with van der Waals surface area (Å²) in [6, 6.07) is 17.8. The Bertz CT molecular complexity index is 1300. The number of carbonyl (C=O) groups excluding carboxylic acids is 3. The summed E-state index contributed by atoms with van der Waals surface area (Å²) in [5.74, 6) is -3.69. The fraction of sp³-hybridized carbons (Fsp3) is 0.543. The van der Waals surface area contributed by atoms with E-state index in [2.05, 4.69) is 15.5 Å². The third kappa shape index (κ3) is 11.0. The van der Waals surface area contributed by atoms with Gasteiger partial charge < -0.3 is 26.4 Å². The van der Waals surface area contributed by atoms with E-state index >= 15 is 0 Å².